The molecule has 1 aliphatic rings. The maximum Gasteiger partial charge on any atom is 0.214 e. The van der Waals surface area contributed by atoms with E-state index < -0.39 is 5.95 Å². The smallest absolute Gasteiger partial charge is 0.214 e. The summed E-state index contributed by atoms with van der Waals surface area (Å²) in [5.74, 6) is 1.02. The molecule has 0 aromatic carbocycles. The van der Waals surface area contributed by atoms with Gasteiger partial charge < -0.3 is 4.90 Å². The van der Waals surface area contributed by atoms with Gasteiger partial charge in [-0.3, -0.25) is 0 Å². The molecule has 2 nitrogen and oxygen atoms in total. The van der Waals surface area contributed by atoms with Gasteiger partial charge >= 0.3 is 0 Å². The summed E-state index contributed by atoms with van der Waals surface area (Å²) >= 11 is 0. The van der Waals surface area contributed by atoms with Crippen LogP contribution in [0.15, 0.2) is 18.2 Å². The van der Waals surface area contributed by atoms with Gasteiger partial charge in [0.15, 0.2) is 0 Å². The molecule has 0 radical (unpaired) electrons. The van der Waals surface area contributed by atoms with E-state index in [1.54, 1.807) is 6.07 Å². The van der Waals surface area contributed by atoms with Crippen LogP contribution in [0.2, 0.25) is 0 Å². The number of hydrogen-bond acceptors (Lipinski definition) is 2. The summed E-state index contributed by atoms with van der Waals surface area (Å²) in [6.45, 7) is 2.28. The minimum absolute atomic E-state index is 0.396. The van der Waals surface area contributed by atoms with Gasteiger partial charge in [0.2, 0.25) is 5.95 Å². The Morgan fingerprint density at radius 1 is 1.31 bits per heavy atom. The van der Waals surface area contributed by atoms with Crippen molar-refractivity contribution in [3.8, 4) is 0 Å². The molecule has 3 heteroatoms. The predicted molar refractivity (Wildman–Crippen MR) is 64.0 cm³/mol. The predicted octanol–water partition coefficient (Wildman–Crippen LogP) is 3.24. The van der Waals surface area contributed by atoms with Gasteiger partial charge in [0.1, 0.15) is 5.82 Å². The van der Waals surface area contributed by atoms with Crippen LogP contribution >= 0.6 is 0 Å². The Kier molecular flexibility index (Phi) is 3.42. The number of halogens is 1. The zero-order valence-corrected chi connectivity index (χ0v) is 9.99. The first-order valence-electron chi connectivity index (χ1n) is 6.04. The number of nitrogens with zero attached hydrogens (tertiary/aromatic N) is 2. The summed E-state index contributed by atoms with van der Waals surface area (Å²) in [6, 6.07) is 5.50. The minimum atomic E-state index is -0.396. The van der Waals surface area contributed by atoms with Gasteiger partial charge in [-0.15, -0.1) is 0 Å². The molecule has 88 valence electrons. The second kappa shape index (κ2) is 4.81. The highest BCUT2D eigenvalue weighted by atomic mass is 19.1. The number of rotatable bonds is 2. The molecule has 2 atom stereocenters. The molecule has 1 aromatic heterocycles. The van der Waals surface area contributed by atoms with Crippen molar-refractivity contribution < 1.29 is 4.39 Å². The molecular formula is C13H19FN2. The molecule has 0 aliphatic heterocycles. The van der Waals surface area contributed by atoms with E-state index in [1.165, 1.54) is 31.7 Å². The zero-order chi connectivity index (χ0) is 11.5. The van der Waals surface area contributed by atoms with Crippen molar-refractivity contribution in [1.82, 2.24) is 4.98 Å². The van der Waals surface area contributed by atoms with E-state index in [4.69, 9.17) is 0 Å². The first-order valence-corrected chi connectivity index (χ1v) is 6.04. The summed E-state index contributed by atoms with van der Waals surface area (Å²) in [5.41, 5.74) is 0. The Labute approximate surface area is 96.5 Å². The number of anilines is 1. The van der Waals surface area contributed by atoms with Crippen LogP contribution in [0, 0.1) is 11.9 Å². The van der Waals surface area contributed by atoms with Gasteiger partial charge in [0, 0.05) is 13.1 Å². The lowest BCUT2D eigenvalue weighted by molar-refractivity contribution is 0.320. The molecule has 2 rings (SSSR count). The van der Waals surface area contributed by atoms with Crippen LogP contribution in [0.5, 0.6) is 0 Å². The number of hydrogen-bond donors (Lipinski definition) is 0. The van der Waals surface area contributed by atoms with Crippen LogP contribution in [0.4, 0.5) is 10.2 Å². The summed E-state index contributed by atoms with van der Waals surface area (Å²) in [6.07, 6.45) is 5.05. The second-order valence-corrected chi connectivity index (χ2v) is 4.76. The summed E-state index contributed by atoms with van der Waals surface area (Å²) in [5, 5.41) is 0. The molecule has 2 unspecified atom stereocenters. The van der Waals surface area contributed by atoms with Gasteiger partial charge in [0.25, 0.3) is 0 Å². The van der Waals surface area contributed by atoms with E-state index in [1.807, 2.05) is 13.1 Å². The monoisotopic (exact) mass is 222 g/mol. The summed E-state index contributed by atoms with van der Waals surface area (Å²) in [7, 11) is 2.02. The van der Waals surface area contributed by atoms with Gasteiger partial charge in [-0.1, -0.05) is 25.8 Å². The van der Waals surface area contributed by atoms with Crippen molar-refractivity contribution in [1.29, 1.82) is 0 Å². The molecule has 0 bridgehead atoms. The highest BCUT2D eigenvalue weighted by Gasteiger charge is 2.25. The Morgan fingerprint density at radius 3 is 2.75 bits per heavy atom. The third-order valence-corrected chi connectivity index (χ3v) is 3.63. The zero-order valence-electron chi connectivity index (χ0n) is 9.99. The molecular weight excluding hydrogens is 203 g/mol. The first kappa shape index (κ1) is 11.4. The maximum absolute atomic E-state index is 13.1. The van der Waals surface area contributed by atoms with Crippen molar-refractivity contribution in [2.75, 3.05) is 11.9 Å². The standard InChI is InChI=1S/C13H19FN2/c1-10-6-3-4-7-11(10)16(2)13-9-5-8-12(14)15-13/h5,8-11H,3-4,6-7H2,1-2H3. The number of pyridine rings is 1. The molecule has 0 spiro atoms. The van der Waals surface area contributed by atoms with Crippen molar-refractivity contribution in [3.63, 3.8) is 0 Å². The average Bonchev–Trinajstić information content (AvgIpc) is 2.29. The molecule has 0 amide bonds. The first-order chi connectivity index (χ1) is 7.68. The topological polar surface area (TPSA) is 16.1 Å². The molecule has 1 fully saturated rings. The van der Waals surface area contributed by atoms with E-state index >= 15 is 0 Å². The van der Waals surface area contributed by atoms with Crippen molar-refractivity contribution in [2.24, 2.45) is 5.92 Å². The second-order valence-electron chi connectivity index (χ2n) is 4.76. The number of aromatic nitrogens is 1. The summed E-state index contributed by atoms with van der Waals surface area (Å²) < 4.78 is 13.1. The van der Waals surface area contributed by atoms with E-state index in [0.717, 1.165) is 5.82 Å². The van der Waals surface area contributed by atoms with Crippen LogP contribution in [0.3, 0.4) is 0 Å². The Morgan fingerprint density at radius 2 is 2.06 bits per heavy atom. The average molecular weight is 222 g/mol. The van der Waals surface area contributed by atoms with E-state index in [-0.39, 0.29) is 0 Å². The van der Waals surface area contributed by atoms with Gasteiger partial charge in [0.05, 0.1) is 0 Å². The fraction of sp³-hybridized carbons (Fsp3) is 0.615. The van der Waals surface area contributed by atoms with Crippen LogP contribution in [0.25, 0.3) is 0 Å². The normalized spacial score (nSPS) is 25.4. The SMILES string of the molecule is CC1CCCCC1N(C)c1cccc(F)n1. The Bertz CT molecular complexity index is 354. The Balaban J connectivity index is 2.14. The molecule has 1 aromatic rings. The van der Waals surface area contributed by atoms with Crippen molar-refractivity contribution >= 4 is 5.82 Å². The van der Waals surface area contributed by atoms with Crippen LogP contribution in [0.1, 0.15) is 32.6 Å². The quantitative estimate of drug-likeness (QED) is 0.714. The molecule has 0 N–H and O–H groups in total. The van der Waals surface area contributed by atoms with E-state index in [0.29, 0.717) is 12.0 Å². The van der Waals surface area contributed by atoms with E-state index in [9.17, 15) is 4.39 Å². The van der Waals surface area contributed by atoms with Crippen LogP contribution in [-0.2, 0) is 0 Å². The highest BCUT2D eigenvalue weighted by Crippen LogP contribution is 2.29. The van der Waals surface area contributed by atoms with Gasteiger partial charge in [-0.05, 0) is 30.9 Å². The largest absolute Gasteiger partial charge is 0.356 e. The molecule has 1 aliphatic carbocycles. The molecule has 1 heterocycles. The fourth-order valence-corrected chi connectivity index (χ4v) is 2.64. The lowest BCUT2D eigenvalue weighted by Gasteiger charge is -2.36. The fourth-order valence-electron chi connectivity index (χ4n) is 2.64. The molecule has 16 heavy (non-hydrogen) atoms. The van der Waals surface area contributed by atoms with E-state index in [2.05, 4.69) is 16.8 Å². The summed E-state index contributed by atoms with van der Waals surface area (Å²) in [4.78, 5) is 6.07. The lowest BCUT2D eigenvalue weighted by atomic mass is 9.85. The molecule has 0 saturated heterocycles. The van der Waals surface area contributed by atoms with Crippen LogP contribution in [-0.4, -0.2) is 18.1 Å². The Hall–Kier alpha value is -1.12. The van der Waals surface area contributed by atoms with Crippen molar-refractivity contribution in [2.45, 2.75) is 38.6 Å². The van der Waals surface area contributed by atoms with Crippen molar-refractivity contribution in [3.05, 3.63) is 24.1 Å². The third kappa shape index (κ3) is 2.34. The minimum Gasteiger partial charge on any atom is -0.356 e. The third-order valence-electron chi connectivity index (χ3n) is 3.63. The van der Waals surface area contributed by atoms with Gasteiger partial charge in [-0.2, -0.15) is 4.39 Å². The maximum atomic E-state index is 13.1. The highest BCUT2D eigenvalue weighted by molar-refractivity contribution is 5.38. The van der Waals surface area contributed by atoms with Gasteiger partial charge in [-0.25, -0.2) is 4.98 Å². The molecule has 1 saturated carbocycles. The van der Waals surface area contributed by atoms with Crippen LogP contribution < -0.4 is 4.90 Å². The lowest BCUT2D eigenvalue weighted by Crippen LogP contribution is -2.39.